The third-order valence-electron chi connectivity index (χ3n) is 1.28. The summed E-state index contributed by atoms with van der Waals surface area (Å²) in [6, 6.07) is 0. The van der Waals surface area contributed by atoms with Crippen LogP contribution in [0.3, 0.4) is 0 Å². The lowest BCUT2D eigenvalue weighted by Crippen LogP contribution is -2.04. The molecule has 1 rings (SSSR count). The molecule has 0 aliphatic heterocycles. The summed E-state index contributed by atoms with van der Waals surface area (Å²) >= 11 is 3.37. The first kappa shape index (κ1) is 8.90. The third-order valence-corrected chi connectivity index (χ3v) is 2.48. The van der Waals surface area contributed by atoms with Crippen molar-refractivity contribution in [3.63, 3.8) is 0 Å². The van der Waals surface area contributed by atoms with Gasteiger partial charge in [0.25, 0.3) is 0 Å². The van der Waals surface area contributed by atoms with Gasteiger partial charge >= 0.3 is 0 Å². The van der Waals surface area contributed by atoms with E-state index in [4.69, 9.17) is 16.2 Å². The summed E-state index contributed by atoms with van der Waals surface area (Å²) in [4.78, 5) is 0.0977. The summed E-state index contributed by atoms with van der Waals surface area (Å²) in [5.74, 6) is 0. The van der Waals surface area contributed by atoms with Crippen molar-refractivity contribution in [1.29, 1.82) is 0 Å². The molecule has 0 saturated carbocycles. The third kappa shape index (κ3) is 2.12. The van der Waals surface area contributed by atoms with Gasteiger partial charge in [0.2, 0.25) is 0 Å². The van der Waals surface area contributed by atoms with Crippen LogP contribution in [0.4, 0.5) is 4.39 Å². The zero-order valence-electron chi connectivity index (χ0n) is 5.46. The summed E-state index contributed by atoms with van der Waals surface area (Å²) in [7, 11) is 0. The molecule has 1 aliphatic rings. The van der Waals surface area contributed by atoms with Crippen molar-refractivity contribution in [2.45, 2.75) is 12.6 Å². The maximum absolute atomic E-state index is 12.5. The van der Waals surface area contributed by atoms with Gasteiger partial charge in [-0.2, -0.15) is 0 Å². The molecule has 2 unspecified atom stereocenters. The Morgan fingerprint density at radius 3 is 2.91 bits per heavy atom. The van der Waals surface area contributed by atoms with Crippen molar-refractivity contribution < 1.29 is 13.2 Å². The van der Waals surface area contributed by atoms with Gasteiger partial charge < -0.3 is 4.55 Å². The second-order valence-corrected chi connectivity index (χ2v) is 3.43. The average molecular weight is 197 g/mol. The van der Waals surface area contributed by atoms with Crippen molar-refractivity contribution in [1.82, 2.24) is 0 Å². The van der Waals surface area contributed by atoms with Crippen LogP contribution in [0.1, 0.15) is 6.42 Å². The first-order valence-corrected chi connectivity index (χ1v) is 4.42. The van der Waals surface area contributed by atoms with Crippen LogP contribution in [-0.2, 0) is 11.1 Å². The topological polar surface area (TPSA) is 37.3 Å². The van der Waals surface area contributed by atoms with E-state index in [2.05, 4.69) is 0 Å². The van der Waals surface area contributed by atoms with Crippen LogP contribution in [0, 0.1) is 0 Å². The van der Waals surface area contributed by atoms with E-state index >= 15 is 0 Å². The van der Waals surface area contributed by atoms with Crippen LogP contribution >= 0.6 is 11.6 Å². The number of rotatable bonds is 1. The zero-order valence-corrected chi connectivity index (χ0v) is 7.03. The van der Waals surface area contributed by atoms with Crippen LogP contribution in [0.2, 0.25) is 0 Å². The molecule has 0 saturated heterocycles. The van der Waals surface area contributed by atoms with Gasteiger partial charge in [0.05, 0.1) is 9.94 Å². The minimum Gasteiger partial charge on any atom is -0.302 e. The number of allylic oxidation sites excluding steroid dienone is 3. The van der Waals surface area contributed by atoms with Gasteiger partial charge in [-0.3, -0.25) is 0 Å². The van der Waals surface area contributed by atoms with Crippen molar-refractivity contribution in [2.24, 2.45) is 0 Å². The molecule has 0 heterocycles. The Bertz CT molecular complexity index is 249. The second kappa shape index (κ2) is 3.47. The molecule has 5 heteroatoms. The Labute approximate surface area is 71.0 Å². The van der Waals surface area contributed by atoms with Crippen LogP contribution in [0.5, 0.6) is 0 Å². The van der Waals surface area contributed by atoms with E-state index in [1.54, 1.807) is 0 Å². The summed E-state index contributed by atoms with van der Waals surface area (Å²) in [6.45, 7) is 0. The fourth-order valence-electron chi connectivity index (χ4n) is 0.781. The SMILES string of the molecule is O=S(O)C1=CCC(F)C=C1Cl. The highest BCUT2D eigenvalue weighted by atomic mass is 35.5. The number of alkyl halides is 1. The number of hydrogen-bond acceptors (Lipinski definition) is 1. The first-order chi connectivity index (χ1) is 5.11. The molecule has 2 atom stereocenters. The van der Waals surface area contributed by atoms with Crippen LogP contribution < -0.4 is 0 Å². The molecule has 0 aromatic heterocycles. The quantitative estimate of drug-likeness (QED) is 0.651. The molecule has 62 valence electrons. The van der Waals surface area contributed by atoms with E-state index < -0.39 is 17.3 Å². The molecule has 2 nitrogen and oxygen atoms in total. The van der Waals surface area contributed by atoms with Gasteiger partial charge in [0.1, 0.15) is 6.17 Å². The minimum atomic E-state index is -2.10. The van der Waals surface area contributed by atoms with Crippen molar-refractivity contribution >= 4 is 22.7 Å². The van der Waals surface area contributed by atoms with Crippen molar-refractivity contribution in [3.05, 3.63) is 22.1 Å². The molecule has 0 amide bonds. The highest BCUT2D eigenvalue weighted by Gasteiger charge is 2.16. The molecule has 1 N–H and O–H groups in total. The Balaban J connectivity index is 2.86. The van der Waals surface area contributed by atoms with Crippen molar-refractivity contribution in [2.75, 3.05) is 0 Å². The highest BCUT2D eigenvalue weighted by molar-refractivity contribution is 7.83. The largest absolute Gasteiger partial charge is 0.302 e. The first-order valence-electron chi connectivity index (χ1n) is 2.94. The van der Waals surface area contributed by atoms with Gasteiger partial charge in [-0.1, -0.05) is 17.7 Å². The predicted octanol–water partition coefficient (Wildman–Crippen LogP) is 1.96. The molecule has 0 spiro atoms. The van der Waals surface area contributed by atoms with Gasteiger partial charge in [-0.25, -0.2) is 8.60 Å². The lowest BCUT2D eigenvalue weighted by molar-refractivity contribution is 0.400. The number of hydrogen-bond donors (Lipinski definition) is 1. The van der Waals surface area contributed by atoms with Crippen LogP contribution in [0.15, 0.2) is 22.1 Å². The van der Waals surface area contributed by atoms with Crippen LogP contribution in [-0.4, -0.2) is 14.9 Å². The lowest BCUT2D eigenvalue weighted by atomic mass is 10.2. The minimum absolute atomic E-state index is 0.0320. The summed E-state index contributed by atoms with van der Waals surface area (Å²) in [5.41, 5.74) is 0. The fraction of sp³-hybridized carbons (Fsp3) is 0.333. The molecule has 0 aromatic rings. The van der Waals surface area contributed by atoms with E-state index in [9.17, 15) is 8.60 Å². The average Bonchev–Trinajstić information content (AvgIpc) is 1.85. The fourth-order valence-corrected chi connectivity index (χ4v) is 1.67. The zero-order chi connectivity index (χ0) is 8.43. The normalized spacial score (nSPS) is 27.4. The van der Waals surface area contributed by atoms with E-state index in [0.29, 0.717) is 0 Å². The Kier molecular flexibility index (Phi) is 2.81. The van der Waals surface area contributed by atoms with Gasteiger partial charge in [-0.15, -0.1) is 0 Å². The molecule has 0 aromatic carbocycles. The maximum Gasteiger partial charge on any atom is 0.187 e. The Morgan fingerprint density at radius 1 is 1.82 bits per heavy atom. The molecular formula is C6H6ClFO2S. The summed E-state index contributed by atoms with van der Waals surface area (Å²) in [6.07, 6.45) is 1.46. The Morgan fingerprint density at radius 2 is 2.45 bits per heavy atom. The van der Waals surface area contributed by atoms with Crippen molar-refractivity contribution in [3.8, 4) is 0 Å². The molecule has 0 radical (unpaired) electrons. The summed E-state index contributed by atoms with van der Waals surface area (Å²) < 4.78 is 31.5. The summed E-state index contributed by atoms with van der Waals surface area (Å²) in [5, 5.41) is 0.0320. The van der Waals surface area contributed by atoms with Crippen LogP contribution in [0.25, 0.3) is 0 Å². The smallest absolute Gasteiger partial charge is 0.187 e. The maximum atomic E-state index is 12.5. The van der Waals surface area contributed by atoms with E-state index in [1.807, 2.05) is 0 Å². The van der Waals surface area contributed by atoms with E-state index in [0.717, 1.165) is 6.08 Å². The monoisotopic (exact) mass is 196 g/mol. The molecule has 0 fully saturated rings. The van der Waals surface area contributed by atoms with Gasteiger partial charge in [0, 0.05) is 6.42 Å². The molecule has 11 heavy (non-hydrogen) atoms. The standard InChI is InChI=1S/C6H6ClFO2S/c7-5-3-4(8)1-2-6(5)11(9)10/h2-4H,1H2,(H,9,10). The molecule has 0 bridgehead atoms. The van der Waals surface area contributed by atoms with Gasteiger partial charge in [0.15, 0.2) is 11.1 Å². The Hall–Kier alpha value is -0.190. The molecule has 1 aliphatic carbocycles. The number of halogens is 2. The lowest BCUT2D eigenvalue weighted by Gasteiger charge is -2.09. The second-order valence-electron chi connectivity index (χ2n) is 2.08. The van der Waals surface area contributed by atoms with E-state index in [1.165, 1.54) is 6.08 Å². The van der Waals surface area contributed by atoms with Gasteiger partial charge in [-0.05, 0) is 6.08 Å². The predicted molar refractivity (Wildman–Crippen MR) is 42.3 cm³/mol. The highest BCUT2D eigenvalue weighted by Crippen LogP contribution is 2.25. The molecular weight excluding hydrogens is 191 g/mol. The van der Waals surface area contributed by atoms with E-state index in [-0.39, 0.29) is 16.4 Å².